The summed E-state index contributed by atoms with van der Waals surface area (Å²) < 4.78 is 38.9. The van der Waals surface area contributed by atoms with Crippen molar-refractivity contribution < 1.29 is 37.5 Å². The van der Waals surface area contributed by atoms with Crippen molar-refractivity contribution in [3.63, 3.8) is 0 Å². The van der Waals surface area contributed by atoms with Gasteiger partial charge in [-0.3, -0.25) is 0 Å². The highest BCUT2D eigenvalue weighted by Crippen LogP contribution is 2.39. The fourth-order valence-electron chi connectivity index (χ4n) is 3.78. The van der Waals surface area contributed by atoms with Crippen LogP contribution in [0.25, 0.3) is 10.4 Å². The van der Waals surface area contributed by atoms with Gasteiger partial charge in [0.2, 0.25) is 5.88 Å². The van der Waals surface area contributed by atoms with Gasteiger partial charge in [-0.25, -0.2) is 18.5 Å². The van der Waals surface area contributed by atoms with E-state index < -0.39 is 33.5 Å². The second kappa shape index (κ2) is 12.9. The lowest BCUT2D eigenvalue weighted by atomic mass is 9.95. The number of nitrogens with zero attached hydrogens (tertiary/aromatic N) is 4. The number of carbonyl (C=O) groups is 2. The minimum Gasteiger partial charge on any atom is -0.748 e. The van der Waals surface area contributed by atoms with E-state index in [9.17, 15) is 43.3 Å². The fraction of sp³-hybridized carbons (Fsp3) is 0.107. The van der Waals surface area contributed by atoms with Gasteiger partial charge in [-0.2, -0.15) is 5.26 Å². The monoisotopic (exact) mass is 569 g/mol. The second-order valence-corrected chi connectivity index (χ2v) is 9.76. The van der Waals surface area contributed by atoms with Crippen molar-refractivity contribution in [2.45, 2.75) is 6.42 Å². The van der Waals surface area contributed by atoms with Crippen molar-refractivity contribution in [2.24, 2.45) is 0 Å². The van der Waals surface area contributed by atoms with Crippen LogP contribution in [0.1, 0.15) is 32.7 Å². The maximum absolute atomic E-state index is 11.3. The van der Waals surface area contributed by atoms with E-state index in [1.165, 1.54) is 71.7 Å². The standard InChI is InChI=1S/C28H20N4O8S/c1-31-22(17-30)26(18-7-9-19(10-8-18)27(33)34)21(16-29)5-2-3-6-25-32(13-4-14-41(37,38)39)23-15-20(28(35)36)11-12-24(23)40-25/h2-3,5-12,15H,4,13-14H2,(H,33,34)(H,35,36)(H,37,38,39)/p-3/b3-2+,21-5+,25-6-,26-22+. The molecule has 0 fully saturated rings. The third-order valence-electron chi connectivity index (χ3n) is 5.61. The molecular weight excluding hydrogens is 552 g/mol. The van der Waals surface area contributed by atoms with Gasteiger partial charge in [0, 0.05) is 17.9 Å². The molecular formula is C28H17N4O8S-3. The smallest absolute Gasteiger partial charge is 0.270 e. The number of anilines is 1. The zero-order valence-electron chi connectivity index (χ0n) is 20.9. The number of benzene rings is 2. The SMILES string of the molecule is [C-]#[N+]/C(C#N)=C(/C(C#N)=C/C=C/C=C1\Oc2ccc(C(=O)[O-])cc2N1CCCS(=O)(=O)[O-])c1ccc(C(=O)[O-])cc1. The molecule has 0 spiro atoms. The summed E-state index contributed by atoms with van der Waals surface area (Å²) in [6.07, 6.45) is 5.51. The van der Waals surface area contributed by atoms with Crippen LogP contribution in [0, 0.1) is 29.2 Å². The van der Waals surface area contributed by atoms with Gasteiger partial charge in [0.25, 0.3) is 5.70 Å². The van der Waals surface area contributed by atoms with E-state index in [0.717, 1.165) is 0 Å². The maximum atomic E-state index is 11.3. The molecule has 2 aromatic rings. The Balaban J connectivity index is 1.96. The van der Waals surface area contributed by atoms with E-state index in [2.05, 4.69) is 4.85 Å². The quantitative estimate of drug-likeness (QED) is 0.172. The van der Waals surface area contributed by atoms with E-state index in [1.54, 1.807) is 6.07 Å². The zero-order valence-corrected chi connectivity index (χ0v) is 21.8. The number of carboxylic acids is 2. The van der Waals surface area contributed by atoms with Gasteiger partial charge in [0.15, 0.2) is 5.75 Å². The highest BCUT2D eigenvalue weighted by atomic mass is 32.2. The first kappa shape index (κ1) is 29.9. The van der Waals surface area contributed by atoms with Crippen LogP contribution < -0.4 is 19.8 Å². The predicted octanol–water partition coefficient (Wildman–Crippen LogP) is 1.25. The number of nitriles is 2. The van der Waals surface area contributed by atoms with Gasteiger partial charge in [-0.05, 0) is 53.5 Å². The summed E-state index contributed by atoms with van der Waals surface area (Å²) in [5.74, 6) is -3.08. The van der Waals surface area contributed by atoms with E-state index in [-0.39, 0.29) is 52.4 Å². The highest BCUT2D eigenvalue weighted by Gasteiger charge is 2.26. The van der Waals surface area contributed by atoms with Gasteiger partial charge in [0.1, 0.15) is 0 Å². The van der Waals surface area contributed by atoms with E-state index >= 15 is 0 Å². The van der Waals surface area contributed by atoms with Crippen LogP contribution in [0.2, 0.25) is 0 Å². The molecule has 2 aromatic carbocycles. The summed E-state index contributed by atoms with van der Waals surface area (Å²) in [7, 11) is -4.49. The molecule has 0 aliphatic carbocycles. The molecule has 0 N–H and O–H groups in total. The molecule has 12 nitrogen and oxygen atoms in total. The lowest BCUT2D eigenvalue weighted by molar-refractivity contribution is -0.256. The van der Waals surface area contributed by atoms with Crippen LogP contribution in [0.15, 0.2) is 83.9 Å². The molecule has 0 unspecified atom stereocenters. The highest BCUT2D eigenvalue weighted by molar-refractivity contribution is 7.85. The summed E-state index contributed by atoms with van der Waals surface area (Å²) >= 11 is 0. The lowest BCUT2D eigenvalue weighted by Gasteiger charge is -2.19. The Bertz CT molecular complexity index is 1730. The van der Waals surface area contributed by atoms with Crippen molar-refractivity contribution >= 4 is 33.3 Å². The number of ether oxygens (including phenoxy) is 1. The molecule has 1 aliphatic heterocycles. The Kier molecular flexibility index (Phi) is 9.41. The van der Waals surface area contributed by atoms with Crippen LogP contribution in [-0.2, 0) is 10.1 Å². The molecule has 0 radical (unpaired) electrons. The van der Waals surface area contributed by atoms with E-state index in [0.29, 0.717) is 5.69 Å². The Labute approximate surface area is 234 Å². The molecule has 3 rings (SSSR count). The third kappa shape index (κ3) is 7.46. The first-order valence-electron chi connectivity index (χ1n) is 11.6. The number of hydrogen-bond acceptors (Lipinski definition) is 11. The van der Waals surface area contributed by atoms with Crippen molar-refractivity contribution in [2.75, 3.05) is 17.2 Å². The number of rotatable bonds is 10. The summed E-state index contributed by atoms with van der Waals surface area (Å²) in [5, 5.41) is 41.6. The zero-order chi connectivity index (χ0) is 30.2. The Morgan fingerprint density at radius 2 is 1.63 bits per heavy atom. The molecule has 0 saturated carbocycles. The van der Waals surface area contributed by atoms with Gasteiger partial charge in [0.05, 0.1) is 52.0 Å². The maximum Gasteiger partial charge on any atom is 0.270 e. The number of allylic oxidation sites excluding steroid dienone is 7. The lowest BCUT2D eigenvalue weighted by Crippen LogP contribution is -2.25. The first-order chi connectivity index (χ1) is 19.5. The molecule has 0 aromatic heterocycles. The van der Waals surface area contributed by atoms with Crippen molar-refractivity contribution in [3.8, 4) is 17.9 Å². The second-order valence-electron chi connectivity index (χ2n) is 8.23. The average Bonchev–Trinajstić information content (AvgIpc) is 3.28. The van der Waals surface area contributed by atoms with Crippen LogP contribution in [0.3, 0.4) is 0 Å². The third-order valence-corrected chi connectivity index (χ3v) is 6.40. The number of carbonyl (C=O) groups excluding carboxylic acids is 2. The summed E-state index contributed by atoms with van der Waals surface area (Å²) in [5.41, 5.74) is -0.225. The molecule has 0 atom stereocenters. The van der Waals surface area contributed by atoms with Gasteiger partial charge < -0.3 is 34.0 Å². The number of hydrogen-bond donors (Lipinski definition) is 0. The minimum atomic E-state index is -4.49. The Morgan fingerprint density at radius 1 is 1.00 bits per heavy atom. The van der Waals surface area contributed by atoms with Gasteiger partial charge in [-0.15, -0.1) is 0 Å². The van der Waals surface area contributed by atoms with Crippen LogP contribution in [0.5, 0.6) is 5.75 Å². The van der Waals surface area contributed by atoms with Crippen molar-refractivity contribution in [3.05, 3.63) is 112 Å². The Hall–Kier alpha value is -5.68. The minimum absolute atomic E-state index is 0.00476. The Morgan fingerprint density at radius 3 is 2.20 bits per heavy atom. The van der Waals surface area contributed by atoms with E-state index in [1.807, 2.05) is 6.07 Å². The van der Waals surface area contributed by atoms with Crippen molar-refractivity contribution in [1.29, 1.82) is 10.5 Å². The predicted molar refractivity (Wildman–Crippen MR) is 139 cm³/mol. The van der Waals surface area contributed by atoms with Crippen molar-refractivity contribution in [1.82, 2.24) is 0 Å². The largest absolute Gasteiger partial charge is 0.748 e. The fourth-order valence-corrected chi connectivity index (χ4v) is 4.26. The summed E-state index contributed by atoms with van der Waals surface area (Å²) in [6, 6.07) is 12.7. The van der Waals surface area contributed by atoms with E-state index in [4.69, 9.17) is 11.3 Å². The van der Waals surface area contributed by atoms with Gasteiger partial charge in [-0.1, -0.05) is 36.4 Å². The molecule has 13 heteroatoms. The van der Waals surface area contributed by atoms with Crippen LogP contribution >= 0.6 is 0 Å². The molecule has 0 bridgehead atoms. The van der Waals surface area contributed by atoms with Crippen LogP contribution in [-0.4, -0.2) is 37.2 Å². The molecule has 0 saturated heterocycles. The molecule has 0 amide bonds. The number of carboxylic acid groups (broad SMARTS) is 2. The molecule has 206 valence electrons. The topological polar surface area (TPSA) is 202 Å². The summed E-state index contributed by atoms with van der Waals surface area (Å²) in [6.45, 7) is 7.32. The molecule has 41 heavy (non-hydrogen) atoms. The molecule has 1 aliphatic rings. The van der Waals surface area contributed by atoms with Crippen LogP contribution in [0.4, 0.5) is 5.69 Å². The normalized spacial score (nSPS) is 14.4. The van der Waals surface area contributed by atoms with Gasteiger partial charge >= 0.3 is 0 Å². The summed E-state index contributed by atoms with van der Waals surface area (Å²) in [4.78, 5) is 27.0. The number of aromatic carboxylic acids is 2. The first-order valence-corrected chi connectivity index (χ1v) is 13.1. The molecule has 1 heterocycles. The number of fused-ring (bicyclic) bond motifs is 1. The average molecular weight is 570 g/mol.